The molecule has 0 radical (unpaired) electrons. The first-order valence-corrected chi connectivity index (χ1v) is 13.9. The van der Waals surface area contributed by atoms with Gasteiger partial charge in [-0.05, 0) is 81.6 Å². The molecule has 38 heavy (non-hydrogen) atoms. The summed E-state index contributed by atoms with van der Waals surface area (Å²) in [6, 6.07) is 11.6. The number of hydrogen-bond donors (Lipinski definition) is 2. The molecule has 2 saturated heterocycles. The highest BCUT2D eigenvalue weighted by Gasteiger charge is 2.37. The highest BCUT2D eigenvalue weighted by molar-refractivity contribution is 5.74. The lowest BCUT2D eigenvalue weighted by Crippen LogP contribution is -2.56. The van der Waals surface area contributed by atoms with Gasteiger partial charge in [0.25, 0.3) is 0 Å². The monoisotopic (exact) mass is 516 g/mol. The first-order valence-electron chi connectivity index (χ1n) is 13.9. The van der Waals surface area contributed by atoms with Crippen LogP contribution in [-0.2, 0) is 5.41 Å². The van der Waals surface area contributed by atoms with Gasteiger partial charge in [0.1, 0.15) is 11.9 Å². The summed E-state index contributed by atoms with van der Waals surface area (Å²) in [5, 5.41) is 16.2. The van der Waals surface area contributed by atoms with E-state index < -0.39 is 0 Å². The molecule has 1 aliphatic carbocycles. The number of nitriles is 1. The summed E-state index contributed by atoms with van der Waals surface area (Å²) in [7, 11) is 3.49. The lowest BCUT2D eigenvalue weighted by molar-refractivity contribution is 0.161. The molecule has 5 rings (SSSR count). The van der Waals surface area contributed by atoms with E-state index >= 15 is 0 Å². The largest absolute Gasteiger partial charge is 0.350 e. The maximum absolute atomic E-state index is 12.2. The van der Waals surface area contributed by atoms with Crippen molar-refractivity contribution < 1.29 is 4.79 Å². The van der Waals surface area contributed by atoms with Gasteiger partial charge in [-0.15, -0.1) is 0 Å². The Morgan fingerprint density at radius 1 is 1.13 bits per heavy atom. The van der Waals surface area contributed by atoms with Gasteiger partial charge >= 0.3 is 6.03 Å². The van der Waals surface area contributed by atoms with E-state index in [1.807, 2.05) is 0 Å². The molecule has 1 unspecified atom stereocenters. The third kappa shape index (κ3) is 5.56. The Balaban J connectivity index is 1.29. The first-order chi connectivity index (χ1) is 18.3. The number of nitrogens with zero attached hydrogens (tertiary/aromatic N) is 6. The molecule has 0 bridgehead atoms. The SMILES string of the molecule is C[C@@H]1C(NC(=O)N(C)C)CCCN1c1cnc(C#N)c(Nc2ccc(C3(C)CCN(C4CC4)CC3)cc2)n1. The topological polar surface area (TPSA) is 100 Å². The van der Waals surface area contributed by atoms with E-state index in [9.17, 15) is 10.1 Å². The van der Waals surface area contributed by atoms with Gasteiger partial charge in [-0.25, -0.2) is 14.8 Å². The van der Waals surface area contributed by atoms with Crippen LogP contribution in [0.2, 0.25) is 0 Å². The van der Waals surface area contributed by atoms with Crippen LogP contribution in [0.3, 0.4) is 0 Å². The number of carbonyl (C=O) groups excluding carboxylic acids is 1. The maximum atomic E-state index is 12.2. The van der Waals surface area contributed by atoms with Gasteiger partial charge in [-0.2, -0.15) is 5.26 Å². The minimum absolute atomic E-state index is 0.0116. The summed E-state index contributed by atoms with van der Waals surface area (Å²) < 4.78 is 0. The third-order valence-corrected chi connectivity index (χ3v) is 8.67. The van der Waals surface area contributed by atoms with Crippen molar-refractivity contribution in [3.8, 4) is 6.07 Å². The van der Waals surface area contributed by atoms with E-state index in [0.717, 1.165) is 31.1 Å². The average Bonchev–Trinajstić information content (AvgIpc) is 3.76. The van der Waals surface area contributed by atoms with Crippen molar-refractivity contribution in [2.75, 3.05) is 43.9 Å². The number of likely N-dealkylation sites (tertiary alicyclic amines) is 1. The lowest BCUT2D eigenvalue weighted by Gasteiger charge is -2.40. The zero-order chi connectivity index (χ0) is 26.9. The number of benzene rings is 1. The van der Waals surface area contributed by atoms with Gasteiger partial charge in [0.15, 0.2) is 11.5 Å². The highest BCUT2D eigenvalue weighted by atomic mass is 16.2. The molecule has 2 N–H and O–H groups in total. The van der Waals surface area contributed by atoms with Gasteiger partial charge in [0.2, 0.25) is 0 Å². The van der Waals surface area contributed by atoms with Crippen LogP contribution in [0.1, 0.15) is 63.6 Å². The number of nitrogens with one attached hydrogen (secondary N) is 2. The first kappa shape index (κ1) is 26.2. The van der Waals surface area contributed by atoms with Crippen molar-refractivity contribution in [1.82, 2.24) is 25.1 Å². The molecule has 9 heteroatoms. The summed E-state index contributed by atoms with van der Waals surface area (Å²) in [6.07, 6.45) is 8.63. The van der Waals surface area contributed by atoms with Crippen LogP contribution in [0.25, 0.3) is 0 Å². The fourth-order valence-electron chi connectivity index (χ4n) is 5.84. The smallest absolute Gasteiger partial charge is 0.317 e. The quantitative estimate of drug-likeness (QED) is 0.592. The Hall–Kier alpha value is -3.38. The molecular formula is C29H40N8O. The van der Waals surface area contributed by atoms with E-state index in [4.69, 9.17) is 4.98 Å². The molecule has 2 aromatic rings. The number of urea groups is 1. The van der Waals surface area contributed by atoms with Crippen molar-refractivity contribution in [3.63, 3.8) is 0 Å². The predicted molar refractivity (Wildman–Crippen MR) is 150 cm³/mol. The zero-order valence-electron chi connectivity index (χ0n) is 23.1. The molecule has 3 aliphatic rings. The molecule has 3 heterocycles. The second-order valence-electron chi connectivity index (χ2n) is 11.6. The number of amides is 2. The molecule has 1 saturated carbocycles. The molecule has 2 atom stereocenters. The van der Waals surface area contributed by atoms with E-state index in [1.165, 1.54) is 44.3 Å². The molecule has 2 amide bonds. The Kier molecular flexibility index (Phi) is 7.44. The maximum Gasteiger partial charge on any atom is 0.317 e. The molecule has 202 valence electrons. The van der Waals surface area contributed by atoms with Crippen LogP contribution in [0.15, 0.2) is 30.5 Å². The Morgan fingerprint density at radius 2 is 1.84 bits per heavy atom. The number of piperidine rings is 2. The minimum Gasteiger partial charge on any atom is -0.350 e. The molecular weight excluding hydrogens is 476 g/mol. The van der Waals surface area contributed by atoms with Crippen LogP contribution >= 0.6 is 0 Å². The summed E-state index contributed by atoms with van der Waals surface area (Å²) in [5.74, 6) is 1.16. The normalized spacial score (nSPS) is 23.4. The molecule has 0 spiro atoms. The average molecular weight is 517 g/mol. The number of aromatic nitrogens is 2. The van der Waals surface area contributed by atoms with Gasteiger partial charge in [-0.1, -0.05) is 19.1 Å². The second kappa shape index (κ2) is 10.8. The summed E-state index contributed by atoms with van der Waals surface area (Å²) in [4.78, 5) is 27.9. The molecule has 2 aliphatic heterocycles. The Bertz CT molecular complexity index is 1180. The van der Waals surface area contributed by atoms with Gasteiger partial charge in [0, 0.05) is 38.4 Å². The molecule has 3 fully saturated rings. The van der Waals surface area contributed by atoms with Crippen LogP contribution < -0.4 is 15.5 Å². The Morgan fingerprint density at radius 3 is 2.47 bits per heavy atom. The van der Waals surface area contributed by atoms with Crippen molar-refractivity contribution in [2.45, 2.75) is 75.9 Å². The van der Waals surface area contributed by atoms with Crippen molar-refractivity contribution >= 4 is 23.4 Å². The minimum atomic E-state index is -0.0947. The third-order valence-electron chi connectivity index (χ3n) is 8.67. The Labute approximate surface area is 226 Å². The van der Waals surface area contributed by atoms with Gasteiger partial charge < -0.3 is 25.3 Å². The van der Waals surface area contributed by atoms with E-state index in [1.54, 1.807) is 25.2 Å². The summed E-state index contributed by atoms with van der Waals surface area (Å²) in [5.41, 5.74) is 2.72. The van der Waals surface area contributed by atoms with Gasteiger partial charge in [-0.3, -0.25) is 0 Å². The van der Waals surface area contributed by atoms with Crippen molar-refractivity contribution in [2.24, 2.45) is 0 Å². The standard InChI is InChI=1S/C29H40N8O/c1-20-24(33-28(38)35(3)4)6-5-15-37(20)26-19-31-25(18-30)27(34-26)32-22-9-7-21(8-10-22)29(2)13-16-36(17-14-29)23-11-12-23/h7-10,19-20,23-24H,5-6,11-17H2,1-4H3,(H,32,34)(H,33,38)/t20-,24?/m1/s1. The number of carbonyl (C=O) groups is 1. The van der Waals surface area contributed by atoms with Crippen LogP contribution in [0.5, 0.6) is 0 Å². The van der Waals surface area contributed by atoms with E-state index in [-0.39, 0.29) is 29.2 Å². The summed E-state index contributed by atoms with van der Waals surface area (Å²) >= 11 is 0. The van der Waals surface area contributed by atoms with Crippen LogP contribution in [0, 0.1) is 11.3 Å². The van der Waals surface area contributed by atoms with Gasteiger partial charge in [0.05, 0.1) is 12.2 Å². The fourth-order valence-corrected chi connectivity index (χ4v) is 5.84. The van der Waals surface area contributed by atoms with E-state index in [0.29, 0.717) is 11.6 Å². The van der Waals surface area contributed by atoms with E-state index in [2.05, 4.69) is 69.6 Å². The molecule has 9 nitrogen and oxygen atoms in total. The zero-order valence-corrected chi connectivity index (χ0v) is 23.1. The molecule has 1 aromatic carbocycles. The number of hydrogen-bond acceptors (Lipinski definition) is 7. The van der Waals surface area contributed by atoms with Crippen molar-refractivity contribution in [3.05, 3.63) is 41.7 Å². The highest BCUT2D eigenvalue weighted by Crippen LogP contribution is 2.39. The predicted octanol–water partition coefficient (Wildman–Crippen LogP) is 4.24. The lowest BCUT2D eigenvalue weighted by atomic mass is 9.74. The summed E-state index contributed by atoms with van der Waals surface area (Å²) in [6.45, 7) is 7.67. The van der Waals surface area contributed by atoms with Crippen molar-refractivity contribution in [1.29, 1.82) is 5.26 Å². The fraction of sp³-hybridized carbons (Fsp3) is 0.586. The number of anilines is 3. The van der Waals surface area contributed by atoms with Crippen LogP contribution in [-0.4, -0.2) is 77.7 Å². The number of rotatable bonds is 6. The van der Waals surface area contributed by atoms with Crippen LogP contribution in [0.4, 0.5) is 22.1 Å². The molecule has 1 aromatic heterocycles. The second-order valence-corrected chi connectivity index (χ2v) is 11.6.